The summed E-state index contributed by atoms with van der Waals surface area (Å²) in [6.45, 7) is 4.38. The van der Waals surface area contributed by atoms with E-state index in [9.17, 15) is 19.5 Å². The third-order valence-corrected chi connectivity index (χ3v) is 6.50. The number of carbonyl (C=O) groups is 3. The molecule has 2 heterocycles. The fourth-order valence-corrected chi connectivity index (χ4v) is 4.67. The number of esters is 1. The molecular formula is C27H25NO5S. The fourth-order valence-electron chi connectivity index (χ4n) is 4.00. The SMILES string of the molecule is CCCOC(=O)c1ccc(CN2C(=O)C(O)=C(C(=O)c3cccs3)C2c2cccc(C)c2)cc1. The van der Waals surface area contributed by atoms with Gasteiger partial charge in [0.15, 0.2) is 5.76 Å². The number of Topliss-reactive ketones (excluding diaryl/α,β-unsaturated/α-hetero) is 1. The minimum absolute atomic E-state index is 0.0813. The van der Waals surface area contributed by atoms with E-state index in [0.29, 0.717) is 17.0 Å². The number of amides is 1. The molecule has 6 nitrogen and oxygen atoms in total. The molecule has 0 saturated carbocycles. The van der Waals surface area contributed by atoms with Crippen molar-refractivity contribution in [2.24, 2.45) is 0 Å². The van der Waals surface area contributed by atoms with Crippen molar-refractivity contribution in [1.82, 2.24) is 4.90 Å². The molecule has 0 saturated heterocycles. The van der Waals surface area contributed by atoms with Gasteiger partial charge in [-0.2, -0.15) is 0 Å². The first kappa shape index (κ1) is 23.4. The predicted octanol–water partition coefficient (Wildman–Crippen LogP) is 5.40. The summed E-state index contributed by atoms with van der Waals surface area (Å²) < 4.78 is 5.16. The highest BCUT2D eigenvalue weighted by Gasteiger charge is 2.44. The van der Waals surface area contributed by atoms with Crippen LogP contribution in [0.5, 0.6) is 0 Å². The summed E-state index contributed by atoms with van der Waals surface area (Å²) in [6, 6.07) is 17.1. The summed E-state index contributed by atoms with van der Waals surface area (Å²) in [4.78, 5) is 40.5. The number of ether oxygens (including phenoxy) is 1. The summed E-state index contributed by atoms with van der Waals surface area (Å²) in [5.74, 6) is -1.88. The van der Waals surface area contributed by atoms with Crippen LogP contribution in [0.1, 0.15) is 56.1 Å². The maximum atomic E-state index is 13.3. The molecular weight excluding hydrogens is 450 g/mol. The van der Waals surface area contributed by atoms with E-state index in [1.807, 2.05) is 38.1 Å². The lowest BCUT2D eigenvalue weighted by molar-refractivity contribution is -0.130. The third-order valence-electron chi connectivity index (χ3n) is 5.63. The first-order chi connectivity index (χ1) is 16.4. The molecule has 0 bridgehead atoms. The van der Waals surface area contributed by atoms with E-state index in [-0.39, 0.29) is 17.9 Å². The zero-order valence-corrected chi connectivity index (χ0v) is 19.8. The van der Waals surface area contributed by atoms with E-state index in [4.69, 9.17) is 4.74 Å². The summed E-state index contributed by atoms with van der Waals surface area (Å²) in [5.41, 5.74) is 2.99. The molecule has 0 fully saturated rings. The second kappa shape index (κ2) is 10.1. The van der Waals surface area contributed by atoms with Gasteiger partial charge in [0.25, 0.3) is 5.91 Å². The van der Waals surface area contributed by atoms with Crippen molar-refractivity contribution in [2.75, 3.05) is 6.61 Å². The highest BCUT2D eigenvalue weighted by molar-refractivity contribution is 7.12. The topological polar surface area (TPSA) is 83.9 Å². The van der Waals surface area contributed by atoms with Crippen molar-refractivity contribution < 1.29 is 24.2 Å². The minimum Gasteiger partial charge on any atom is -0.503 e. The summed E-state index contributed by atoms with van der Waals surface area (Å²) in [7, 11) is 0. The number of nitrogens with zero attached hydrogens (tertiary/aromatic N) is 1. The average Bonchev–Trinajstić information content (AvgIpc) is 3.46. The predicted molar refractivity (Wildman–Crippen MR) is 130 cm³/mol. The molecule has 0 aliphatic carbocycles. The van der Waals surface area contributed by atoms with Gasteiger partial charge in [-0.3, -0.25) is 9.59 Å². The molecule has 34 heavy (non-hydrogen) atoms. The standard InChI is InChI=1S/C27H25NO5S/c1-3-13-33-27(32)19-11-9-18(10-12-19)16-28-23(20-7-4-6-17(2)15-20)22(25(30)26(28)31)24(29)21-8-5-14-34-21/h4-12,14-15,23,30H,3,13,16H2,1-2H3. The highest BCUT2D eigenvalue weighted by atomic mass is 32.1. The van der Waals surface area contributed by atoms with Crippen LogP contribution in [0.3, 0.4) is 0 Å². The number of ketones is 1. The molecule has 1 aliphatic heterocycles. The largest absolute Gasteiger partial charge is 0.503 e. The second-order valence-electron chi connectivity index (χ2n) is 8.15. The van der Waals surface area contributed by atoms with Gasteiger partial charge in [0.05, 0.1) is 28.7 Å². The number of aliphatic hydroxyl groups excluding tert-OH is 1. The van der Waals surface area contributed by atoms with Crippen molar-refractivity contribution in [1.29, 1.82) is 0 Å². The van der Waals surface area contributed by atoms with Crippen LogP contribution < -0.4 is 0 Å². The quantitative estimate of drug-likeness (QED) is 0.348. The van der Waals surface area contributed by atoms with Crippen molar-refractivity contribution in [2.45, 2.75) is 32.9 Å². The number of aryl methyl sites for hydroxylation is 1. The molecule has 3 aromatic rings. The number of thiophene rings is 1. The van der Waals surface area contributed by atoms with Crippen LogP contribution in [0, 0.1) is 6.92 Å². The van der Waals surface area contributed by atoms with Crippen LogP contribution in [0.25, 0.3) is 0 Å². The lowest BCUT2D eigenvalue weighted by Gasteiger charge is -2.27. The molecule has 0 radical (unpaired) electrons. The van der Waals surface area contributed by atoms with E-state index in [0.717, 1.165) is 23.1 Å². The van der Waals surface area contributed by atoms with Crippen molar-refractivity contribution in [3.8, 4) is 0 Å². The number of carbonyl (C=O) groups excluding carboxylic acids is 3. The summed E-state index contributed by atoms with van der Waals surface area (Å²) >= 11 is 1.27. The molecule has 174 valence electrons. The van der Waals surface area contributed by atoms with Gasteiger partial charge in [-0.1, -0.05) is 55.0 Å². The first-order valence-electron chi connectivity index (χ1n) is 11.1. The van der Waals surface area contributed by atoms with Crippen molar-refractivity contribution >= 4 is 29.0 Å². The highest BCUT2D eigenvalue weighted by Crippen LogP contribution is 2.40. The van der Waals surface area contributed by atoms with Gasteiger partial charge in [0.1, 0.15) is 0 Å². The zero-order valence-electron chi connectivity index (χ0n) is 19.0. The molecule has 1 amide bonds. The normalized spacial score (nSPS) is 15.6. The fraction of sp³-hybridized carbons (Fsp3) is 0.222. The minimum atomic E-state index is -0.726. The van der Waals surface area contributed by atoms with E-state index in [1.165, 1.54) is 16.2 Å². The number of hydrogen-bond donors (Lipinski definition) is 1. The van der Waals surface area contributed by atoms with E-state index >= 15 is 0 Å². The van der Waals surface area contributed by atoms with E-state index < -0.39 is 23.7 Å². The average molecular weight is 476 g/mol. The Balaban J connectivity index is 1.67. The summed E-state index contributed by atoms with van der Waals surface area (Å²) in [5, 5.41) is 12.6. The molecule has 1 aromatic heterocycles. The number of hydrogen-bond acceptors (Lipinski definition) is 6. The number of rotatable bonds is 8. The Morgan fingerprint density at radius 2 is 1.85 bits per heavy atom. The Bertz CT molecular complexity index is 1240. The Labute approximate surface area is 202 Å². The van der Waals surface area contributed by atoms with Crippen LogP contribution >= 0.6 is 11.3 Å². The van der Waals surface area contributed by atoms with Gasteiger partial charge in [-0.15, -0.1) is 11.3 Å². The van der Waals surface area contributed by atoms with Crippen LogP contribution in [0.2, 0.25) is 0 Å². The van der Waals surface area contributed by atoms with E-state index in [1.54, 1.807) is 41.8 Å². The van der Waals surface area contributed by atoms with Gasteiger partial charge < -0.3 is 14.7 Å². The van der Waals surface area contributed by atoms with Crippen LogP contribution in [-0.4, -0.2) is 34.3 Å². The molecule has 0 spiro atoms. The van der Waals surface area contributed by atoms with Gasteiger partial charge in [0, 0.05) is 6.54 Å². The van der Waals surface area contributed by atoms with Crippen LogP contribution in [0.15, 0.2) is 77.4 Å². The smallest absolute Gasteiger partial charge is 0.338 e. The van der Waals surface area contributed by atoms with Gasteiger partial charge in [-0.05, 0) is 48.1 Å². The number of benzene rings is 2. The summed E-state index contributed by atoms with van der Waals surface area (Å²) in [6.07, 6.45) is 0.740. The molecule has 7 heteroatoms. The molecule has 1 N–H and O–H groups in total. The molecule has 4 rings (SSSR count). The van der Waals surface area contributed by atoms with Gasteiger partial charge in [0.2, 0.25) is 5.78 Å². The van der Waals surface area contributed by atoms with Crippen LogP contribution in [0.4, 0.5) is 0 Å². The van der Waals surface area contributed by atoms with Crippen molar-refractivity contribution in [3.63, 3.8) is 0 Å². The van der Waals surface area contributed by atoms with Crippen molar-refractivity contribution in [3.05, 3.63) is 105 Å². The third kappa shape index (κ3) is 4.65. The number of aliphatic hydroxyl groups is 1. The zero-order chi connectivity index (χ0) is 24.2. The second-order valence-corrected chi connectivity index (χ2v) is 9.10. The molecule has 1 atom stereocenters. The molecule has 2 aromatic carbocycles. The lowest BCUT2D eigenvalue weighted by atomic mass is 9.94. The molecule has 1 unspecified atom stereocenters. The van der Waals surface area contributed by atoms with Gasteiger partial charge >= 0.3 is 5.97 Å². The van der Waals surface area contributed by atoms with Crippen LogP contribution in [-0.2, 0) is 16.1 Å². The van der Waals surface area contributed by atoms with E-state index in [2.05, 4.69) is 0 Å². The Kier molecular flexibility index (Phi) is 6.93. The van der Waals surface area contributed by atoms with Gasteiger partial charge in [-0.25, -0.2) is 4.79 Å². The Morgan fingerprint density at radius 3 is 2.50 bits per heavy atom. The molecule has 1 aliphatic rings. The lowest BCUT2D eigenvalue weighted by Crippen LogP contribution is -2.30. The Hall–Kier alpha value is -3.71. The monoisotopic (exact) mass is 475 g/mol. The Morgan fingerprint density at radius 1 is 1.09 bits per heavy atom. The maximum Gasteiger partial charge on any atom is 0.338 e. The maximum absolute atomic E-state index is 13.3. The first-order valence-corrected chi connectivity index (χ1v) is 11.9.